The van der Waals surface area contributed by atoms with E-state index in [1.165, 1.54) is 66.8 Å². The molecule has 0 aromatic heterocycles. The Bertz CT molecular complexity index is 1600. The minimum absolute atomic E-state index is 0.0216. The summed E-state index contributed by atoms with van der Waals surface area (Å²) in [6.45, 7) is 39.9. The average Bonchev–Trinajstić information content (AvgIpc) is 2.88. The van der Waals surface area contributed by atoms with Gasteiger partial charge in [-0.3, -0.25) is 0 Å². The van der Waals surface area contributed by atoms with Gasteiger partial charge in [0.05, 0.1) is 0 Å². The van der Waals surface area contributed by atoms with E-state index in [4.69, 9.17) is 13.2 Å². The van der Waals surface area contributed by atoms with E-state index in [2.05, 4.69) is 131 Å². The second-order valence-corrected chi connectivity index (χ2v) is 15.0. The molecule has 0 spiro atoms. The lowest BCUT2D eigenvalue weighted by atomic mass is 9.37. The fraction of sp³-hybridized carbons (Fsp3) is 0.415. The van der Waals surface area contributed by atoms with E-state index in [1.807, 2.05) is 0 Å². The number of hydrogen-bond donors (Lipinski definition) is 0. The maximum atomic E-state index is 4.85. The summed E-state index contributed by atoms with van der Waals surface area (Å²) >= 11 is 0. The van der Waals surface area contributed by atoms with E-state index < -0.39 is 0 Å². The van der Waals surface area contributed by atoms with Crippen molar-refractivity contribution in [2.24, 2.45) is 22.2 Å². The first kappa shape index (κ1) is 29.4. The molecule has 3 aliphatic carbocycles. The second kappa shape index (κ2) is 9.19. The van der Waals surface area contributed by atoms with Crippen LogP contribution in [0.25, 0.3) is 17.2 Å². The SMILES string of the molecule is C=C(C)C1=C(C)C[C@@]2(C)[C@H](C)[C@]3(C)C(=C(C)[C@@]2(C)C1=C)C(=C)c1c(C)cccc1/C3=C\c1ccc(C(C)(C)C)cc1. The van der Waals surface area contributed by atoms with E-state index in [9.17, 15) is 0 Å². The summed E-state index contributed by atoms with van der Waals surface area (Å²) < 4.78 is 0. The van der Waals surface area contributed by atoms with Crippen molar-refractivity contribution in [3.8, 4) is 0 Å². The number of aryl methyl sites for hydroxylation is 1. The largest absolute Gasteiger partial charge is 0.0955 e. The lowest BCUT2D eigenvalue weighted by Crippen LogP contribution is -2.57. The van der Waals surface area contributed by atoms with Gasteiger partial charge in [-0.05, 0) is 107 Å². The zero-order valence-corrected chi connectivity index (χ0v) is 27.5. The van der Waals surface area contributed by atoms with Gasteiger partial charge in [0.25, 0.3) is 0 Å². The van der Waals surface area contributed by atoms with Gasteiger partial charge in [0.15, 0.2) is 0 Å². The Kier molecular flexibility index (Phi) is 6.58. The van der Waals surface area contributed by atoms with Crippen LogP contribution in [0.3, 0.4) is 0 Å². The molecule has 4 atom stereocenters. The quantitative estimate of drug-likeness (QED) is 0.354. The van der Waals surface area contributed by atoms with Crippen molar-refractivity contribution < 1.29 is 0 Å². The predicted molar refractivity (Wildman–Crippen MR) is 181 cm³/mol. The Labute approximate surface area is 250 Å². The normalized spacial score (nSPS) is 30.8. The second-order valence-electron chi connectivity index (χ2n) is 15.0. The maximum Gasteiger partial charge on any atom is 0.0218 e. The molecule has 2 aromatic rings. The Balaban J connectivity index is 1.86. The van der Waals surface area contributed by atoms with Gasteiger partial charge in [-0.1, -0.05) is 133 Å². The molecular formula is C41H50. The molecule has 0 unspecified atom stereocenters. The Morgan fingerprint density at radius 2 is 1.56 bits per heavy atom. The van der Waals surface area contributed by atoms with Crippen LogP contribution in [-0.2, 0) is 5.41 Å². The van der Waals surface area contributed by atoms with Gasteiger partial charge in [-0.15, -0.1) is 0 Å². The molecular weight excluding hydrogens is 492 g/mol. The van der Waals surface area contributed by atoms with Gasteiger partial charge in [0.2, 0.25) is 0 Å². The van der Waals surface area contributed by atoms with Crippen molar-refractivity contribution in [2.75, 3.05) is 0 Å². The summed E-state index contributed by atoms with van der Waals surface area (Å²) in [7, 11) is 0. The lowest BCUT2D eigenvalue weighted by molar-refractivity contribution is 0.00638. The molecule has 0 saturated carbocycles. The van der Waals surface area contributed by atoms with E-state index in [-0.39, 0.29) is 21.7 Å². The van der Waals surface area contributed by atoms with Crippen LogP contribution in [0, 0.1) is 29.1 Å². The van der Waals surface area contributed by atoms with Crippen molar-refractivity contribution in [2.45, 2.75) is 88.0 Å². The van der Waals surface area contributed by atoms with Crippen LogP contribution in [0.1, 0.15) is 103 Å². The molecule has 0 N–H and O–H groups in total. The summed E-state index contributed by atoms with van der Waals surface area (Å²) in [5.41, 5.74) is 16.7. The van der Waals surface area contributed by atoms with Gasteiger partial charge in [0, 0.05) is 10.8 Å². The first-order valence-corrected chi connectivity index (χ1v) is 15.3. The third kappa shape index (κ3) is 3.78. The minimum Gasteiger partial charge on any atom is -0.0955 e. The number of allylic oxidation sites excluding steroid dienone is 8. The smallest absolute Gasteiger partial charge is 0.0218 e. The molecule has 0 aliphatic heterocycles. The molecule has 214 valence electrons. The van der Waals surface area contributed by atoms with Crippen molar-refractivity contribution in [3.63, 3.8) is 0 Å². The van der Waals surface area contributed by atoms with Crippen LogP contribution in [0.4, 0.5) is 0 Å². The topological polar surface area (TPSA) is 0 Å². The first-order chi connectivity index (χ1) is 18.9. The molecule has 0 saturated heterocycles. The molecule has 41 heavy (non-hydrogen) atoms. The maximum absolute atomic E-state index is 4.85. The summed E-state index contributed by atoms with van der Waals surface area (Å²) in [5.74, 6) is 0.336. The van der Waals surface area contributed by atoms with Crippen LogP contribution in [0.15, 0.2) is 95.6 Å². The summed E-state index contributed by atoms with van der Waals surface area (Å²) in [4.78, 5) is 0. The molecule has 0 amide bonds. The van der Waals surface area contributed by atoms with E-state index in [0.717, 1.165) is 12.0 Å². The molecule has 0 radical (unpaired) electrons. The van der Waals surface area contributed by atoms with Crippen molar-refractivity contribution in [1.82, 2.24) is 0 Å². The van der Waals surface area contributed by atoms with Crippen LogP contribution < -0.4 is 0 Å². The third-order valence-corrected chi connectivity index (χ3v) is 11.8. The average molecular weight is 543 g/mol. The van der Waals surface area contributed by atoms with Crippen LogP contribution in [0.2, 0.25) is 0 Å². The molecule has 0 fully saturated rings. The van der Waals surface area contributed by atoms with E-state index in [1.54, 1.807) is 0 Å². The molecule has 3 aliphatic rings. The molecule has 0 heterocycles. The number of fused-ring (bicyclic) bond motifs is 3. The fourth-order valence-electron chi connectivity index (χ4n) is 9.10. The highest BCUT2D eigenvalue weighted by Gasteiger charge is 2.64. The molecule has 0 bridgehead atoms. The highest BCUT2D eigenvalue weighted by Crippen LogP contribution is 2.74. The van der Waals surface area contributed by atoms with Gasteiger partial charge >= 0.3 is 0 Å². The monoisotopic (exact) mass is 542 g/mol. The Morgan fingerprint density at radius 3 is 2.12 bits per heavy atom. The standard InChI is InChI=1S/C41H50/c1-24(2)35-26(4)23-39(12)30(8)40(13)34(22-31-18-20-32(21-19-31)38(9,10)11)33-17-15-16-25(3)36(33)27(5)37(40)29(7)41(39,14)28(35)6/h15-22,30H,1,5-6,23H2,2-4,7-14H3/b34-22+/t30-,39-,40-,41+/m0/s1. The summed E-state index contributed by atoms with van der Waals surface area (Å²) in [6.07, 6.45) is 3.51. The minimum atomic E-state index is -0.208. The van der Waals surface area contributed by atoms with Gasteiger partial charge in [0.1, 0.15) is 0 Å². The van der Waals surface area contributed by atoms with Gasteiger partial charge in [-0.2, -0.15) is 0 Å². The number of hydrogen-bond acceptors (Lipinski definition) is 0. The highest BCUT2D eigenvalue weighted by molar-refractivity contribution is 6.02. The first-order valence-electron chi connectivity index (χ1n) is 15.3. The van der Waals surface area contributed by atoms with Gasteiger partial charge in [-0.25, -0.2) is 0 Å². The number of benzene rings is 2. The molecule has 2 aromatic carbocycles. The van der Waals surface area contributed by atoms with Gasteiger partial charge < -0.3 is 0 Å². The molecule has 0 heteroatoms. The van der Waals surface area contributed by atoms with E-state index in [0.29, 0.717) is 5.92 Å². The predicted octanol–water partition coefficient (Wildman–Crippen LogP) is 11.7. The summed E-state index contributed by atoms with van der Waals surface area (Å²) in [5, 5.41) is 0. The lowest BCUT2D eigenvalue weighted by Gasteiger charge is -2.66. The summed E-state index contributed by atoms with van der Waals surface area (Å²) in [6, 6.07) is 16.0. The fourth-order valence-corrected chi connectivity index (χ4v) is 9.10. The molecule has 0 nitrogen and oxygen atoms in total. The van der Waals surface area contributed by atoms with E-state index >= 15 is 0 Å². The zero-order valence-electron chi connectivity index (χ0n) is 27.5. The Morgan fingerprint density at radius 1 is 0.951 bits per heavy atom. The highest BCUT2D eigenvalue weighted by atomic mass is 14.7. The molecule has 5 rings (SSSR count). The van der Waals surface area contributed by atoms with Crippen LogP contribution in [-0.4, -0.2) is 0 Å². The Hall–Kier alpha value is -3.12. The van der Waals surface area contributed by atoms with Crippen LogP contribution in [0.5, 0.6) is 0 Å². The third-order valence-electron chi connectivity index (χ3n) is 11.8. The van der Waals surface area contributed by atoms with Crippen molar-refractivity contribution >= 4 is 17.2 Å². The number of rotatable bonds is 2. The van der Waals surface area contributed by atoms with Crippen molar-refractivity contribution in [3.05, 3.63) is 123 Å². The van der Waals surface area contributed by atoms with Crippen molar-refractivity contribution in [1.29, 1.82) is 0 Å². The zero-order chi connectivity index (χ0) is 30.4. The van der Waals surface area contributed by atoms with Crippen LogP contribution >= 0.6 is 0 Å².